The molecule has 0 aliphatic heterocycles. The number of halogens is 2. The van der Waals surface area contributed by atoms with Crippen molar-refractivity contribution in [2.75, 3.05) is 5.32 Å². The molecule has 0 bridgehead atoms. The van der Waals surface area contributed by atoms with Crippen LogP contribution in [0.4, 0.5) is 15.2 Å². The molecule has 0 fully saturated rings. The molecule has 0 saturated carbocycles. The molecule has 19 heavy (non-hydrogen) atoms. The van der Waals surface area contributed by atoms with Crippen molar-refractivity contribution in [2.45, 2.75) is 13.8 Å². The maximum atomic E-state index is 13.3. The molecule has 0 amide bonds. The van der Waals surface area contributed by atoms with Crippen LogP contribution in [0.3, 0.4) is 0 Å². The first-order valence-corrected chi connectivity index (χ1v) is 6.93. The average molecular weight is 345 g/mol. The molecule has 2 N–H and O–H groups in total. The van der Waals surface area contributed by atoms with Crippen LogP contribution < -0.4 is 5.32 Å². The second kappa shape index (κ2) is 5.26. The lowest BCUT2D eigenvalue weighted by Crippen LogP contribution is -1.94. The van der Waals surface area contributed by atoms with E-state index >= 15 is 0 Å². The summed E-state index contributed by atoms with van der Waals surface area (Å²) >= 11 is 4.16. The zero-order chi connectivity index (χ0) is 14.2. The van der Waals surface area contributed by atoms with E-state index in [2.05, 4.69) is 26.2 Å². The number of nitrogens with one attached hydrogen (secondary N) is 1. The number of benzene rings is 1. The molecule has 100 valence electrons. The minimum absolute atomic E-state index is 0.196. The van der Waals surface area contributed by atoms with Crippen LogP contribution in [0.2, 0.25) is 0 Å². The molecule has 0 aliphatic carbocycles. The summed E-state index contributed by atoms with van der Waals surface area (Å²) in [5.41, 5.74) is 1.85. The molecule has 0 radical (unpaired) electrons. The Morgan fingerprint density at radius 2 is 2.16 bits per heavy atom. The van der Waals surface area contributed by atoms with Gasteiger partial charge in [-0.15, -0.1) is 0 Å². The number of carboxylic acid groups (broad SMARTS) is 1. The standard InChI is InChI=1S/C12H10BrFN2O2S/c1-5-3-8(14)7(13)4-9(5)16-12-15-6(2)10(19-12)11(17)18/h3-4H,1-2H3,(H,15,16)(H,17,18). The van der Waals surface area contributed by atoms with E-state index in [9.17, 15) is 9.18 Å². The van der Waals surface area contributed by atoms with Crippen LogP contribution in [0.15, 0.2) is 16.6 Å². The van der Waals surface area contributed by atoms with Crippen molar-refractivity contribution in [3.8, 4) is 0 Å². The fraction of sp³-hybridized carbons (Fsp3) is 0.167. The van der Waals surface area contributed by atoms with Gasteiger partial charge in [-0.05, 0) is 47.5 Å². The summed E-state index contributed by atoms with van der Waals surface area (Å²) in [6.45, 7) is 3.40. The number of nitrogens with zero attached hydrogens (tertiary/aromatic N) is 1. The molecule has 1 heterocycles. The highest BCUT2D eigenvalue weighted by atomic mass is 79.9. The predicted octanol–water partition coefficient (Wildman–Crippen LogP) is 4.10. The van der Waals surface area contributed by atoms with E-state index in [0.29, 0.717) is 26.5 Å². The SMILES string of the molecule is Cc1cc(F)c(Br)cc1Nc1nc(C)c(C(=O)O)s1. The lowest BCUT2D eigenvalue weighted by molar-refractivity contribution is 0.0701. The summed E-state index contributed by atoms with van der Waals surface area (Å²) in [6, 6.07) is 2.99. The molecule has 0 unspecified atom stereocenters. The van der Waals surface area contributed by atoms with Crippen LogP contribution in [0.25, 0.3) is 0 Å². The number of aryl methyl sites for hydroxylation is 2. The molecular formula is C12H10BrFN2O2S. The number of hydrogen-bond donors (Lipinski definition) is 2. The summed E-state index contributed by atoms with van der Waals surface area (Å²) in [4.78, 5) is 15.3. The molecular weight excluding hydrogens is 335 g/mol. The number of carboxylic acids is 1. The zero-order valence-corrected chi connectivity index (χ0v) is 12.5. The largest absolute Gasteiger partial charge is 0.477 e. The van der Waals surface area contributed by atoms with Gasteiger partial charge in [0.15, 0.2) is 5.13 Å². The second-order valence-corrected chi connectivity index (χ2v) is 5.80. The highest BCUT2D eigenvalue weighted by molar-refractivity contribution is 9.10. The molecule has 4 nitrogen and oxygen atoms in total. The van der Waals surface area contributed by atoms with E-state index in [4.69, 9.17) is 5.11 Å². The molecule has 2 aromatic rings. The number of anilines is 2. The Balaban J connectivity index is 2.34. The minimum atomic E-state index is -1.000. The first kappa shape index (κ1) is 14.0. The third-order valence-corrected chi connectivity index (χ3v) is 4.17. The number of carbonyl (C=O) groups is 1. The molecule has 1 aromatic heterocycles. The number of aromatic carboxylic acids is 1. The van der Waals surface area contributed by atoms with Crippen molar-refractivity contribution in [3.05, 3.63) is 38.6 Å². The van der Waals surface area contributed by atoms with Crippen molar-refractivity contribution in [2.24, 2.45) is 0 Å². The van der Waals surface area contributed by atoms with Gasteiger partial charge in [0.25, 0.3) is 0 Å². The maximum Gasteiger partial charge on any atom is 0.347 e. The van der Waals surface area contributed by atoms with Crippen molar-refractivity contribution in [1.29, 1.82) is 0 Å². The Morgan fingerprint density at radius 3 is 2.74 bits per heavy atom. The topological polar surface area (TPSA) is 62.2 Å². The van der Waals surface area contributed by atoms with E-state index < -0.39 is 5.97 Å². The van der Waals surface area contributed by atoms with E-state index in [-0.39, 0.29) is 10.7 Å². The normalized spacial score (nSPS) is 10.5. The van der Waals surface area contributed by atoms with Crippen LogP contribution in [0.1, 0.15) is 20.9 Å². The van der Waals surface area contributed by atoms with Crippen LogP contribution in [0.5, 0.6) is 0 Å². The van der Waals surface area contributed by atoms with E-state index in [0.717, 1.165) is 11.3 Å². The molecule has 0 atom stereocenters. The highest BCUT2D eigenvalue weighted by Crippen LogP contribution is 2.30. The molecule has 0 aliphatic rings. The number of thiazole rings is 1. The predicted molar refractivity (Wildman–Crippen MR) is 75.9 cm³/mol. The molecule has 1 aromatic carbocycles. The summed E-state index contributed by atoms with van der Waals surface area (Å²) in [7, 11) is 0. The van der Waals surface area contributed by atoms with Gasteiger partial charge in [-0.1, -0.05) is 11.3 Å². The van der Waals surface area contributed by atoms with Gasteiger partial charge in [0, 0.05) is 5.69 Å². The van der Waals surface area contributed by atoms with Crippen molar-refractivity contribution < 1.29 is 14.3 Å². The van der Waals surface area contributed by atoms with Gasteiger partial charge in [0.05, 0.1) is 10.2 Å². The minimum Gasteiger partial charge on any atom is -0.477 e. The molecule has 0 spiro atoms. The van der Waals surface area contributed by atoms with Gasteiger partial charge in [0.2, 0.25) is 0 Å². The molecule has 7 heteroatoms. The van der Waals surface area contributed by atoms with Crippen LogP contribution in [0, 0.1) is 19.7 Å². The number of hydrogen-bond acceptors (Lipinski definition) is 4. The molecule has 0 saturated heterocycles. The van der Waals surface area contributed by atoms with Crippen LogP contribution in [-0.4, -0.2) is 16.1 Å². The zero-order valence-electron chi connectivity index (χ0n) is 10.1. The lowest BCUT2D eigenvalue weighted by atomic mass is 10.2. The quantitative estimate of drug-likeness (QED) is 0.879. The lowest BCUT2D eigenvalue weighted by Gasteiger charge is -2.07. The smallest absolute Gasteiger partial charge is 0.347 e. The van der Waals surface area contributed by atoms with Gasteiger partial charge in [-0.2, -0.15) is 0 Å². The maximum absolute atomic E-state index is 13.3. The third-order valence-electron chi connectivity index (χ3n) is 2.50. The number of aromatic nitrogens is 1. The van der Waals surface area contributed by atoms with Gasteiger partial charge >= 0.3 is 5.97 Å². The van der Waals surface area contributed by atoms with Crippen LogP contribution in [-0.2, 0) is 0 Å². The van der Waals surface area contributed by atoms with Crippen molar-refractivity contribution in [3.63, 3.8) is 0 Å². The third kappa shape index (κ3) is 2.93. The van der Waals surface area contributed by atoms with Crippen molar-refractivity contribution in [1.82, 2.24) is 4.98 Å². The average Bonchev–Trinajstić information content (AvgIpc) is 2.67. The Kier molecular flexibility index (Phi) is 3.86. The monoisotopic (exact) mass is 344 g/mol. The van der Waals surface area contributed by atoms with Gasteiger partial charge in [0.1, 0.15) is 10.7 Å². The fourth-order valence-corrected chi connectivity index (χ4v) is 2.71. The first-order chi connectivity index (χ1) is 8.88. The van der Waals surface area contributed by atoms with Crippen LogP contribution >= 0.6 is 27.3 Å². The van der Waals surface area contributed by atoms with Gasteiger partial charge in [-0.25, -0.2) is 14.2 Å². The summed E-state index contributed by atoms with van der Waals surface area (Å²) in [5, 5.41) is 12.4. The Labute approximate surface area is 121 Å². The Bertz CT molecular complexity index is 657. The Hall–Kier alpha value is -1.47. The van der Waals surface area contributed by atoms with Gasteiger partial charge < -0.3 is 10.4 Å². The van der Waals surface area contributed by atoms with E-state index in [1.54, 1.807) is 19.9 Å². The first-order valence-electron chi connectivity index (χ1n) is 5.32. The van der Waals surface area contributed by atoms with Crippen molar-refractivity contribution >= 4 is 44.1 Å². The summed E-state index contributed by atoms with van der Waals surface area (Å²) in [5.74, 6) is -1.34. The summed E-state index contributed by atoms with van der Waals surface area (Å²) < 4.78 is 13.6. The van der Waals surface area contributed by atoms with E-state index in [1.807, 2.05) is 0 Å². The number of rotatable bonds is 3. The highest BCUT2D eigenvalue weighted by Gasteiger charge is 2.15. The fourth-order valence-electron chi connectivity index (χ4n) is 1.54. The van der Waals surface area contributed by atoms with E-state index in [1.165, 1.54) is 6.07 Å². The Morgan fingerprint density at radius 1 is 1.47 bits per heavy atom. The second-order valence-electron chi connectivity index (χ2n) is 3.94. The molecule has 2 rings (SSSR count). The summed E-state index contributed by atoms with van der Waals surface area (Å²) in [6.07, 6.45) is 0. The van der Waals surface area contributed by atoms with Gasteiger partial charge in [-0.3, -0.25) is 0 Å².